The van der Waals surface area contributed by atoms with Crippen molar-refractivity contribution < 1.29 is 18.7 Å². The Bertz CT molecular complexity index is 1750. The Balaban J connectivity index is 1.36. The summed E-state index contributed by atoms with van der Waals surface area (Å²) >= 11 is 0. The Hall–Kier alpha value is -5.09. The maximum Gasteiger partial charge on any atom is 0.322 e. The largest absolute Gasteiger partial charge is 0.378 e. The average molecular weight is 565 g/mol. The SMILES string of the molecule is CCN(C(=O)c1cc(NC(=O)N2CCOCC2)cc(-c2cnc(-c3cc4ccccc4cn3)[nH]2)c1)c1ccc(F)cc1. The first kappa shape index (κ1) is 27.1. The zero-order valence-electron chi connectivity index (χ0n) is 23.0. The van der Waals surface area contributed by atoms with Gasteiger partial charge in [0, 0.05) is 53.7 Å². The highest BCUT2D eigenvalue weighted by atomic mass is 19.1. The molecule has 0 aliphatic carbocycles. The molecule has 1 aliphatic rings. The number of H-pyrrole nitrogens is 1. The third-order valence-electron chi connectivity index (χ3n) is 7.19. The van der Waals surface area contributed by atoms with Gasteiger partial charge in [-0.15, -0.1) is 0 Å². The lowest BCUT2D eigenvalue weighted by Gasteiger charge is -2.27. The molecule has 0 saturated carbocycles. The van der Waals surface area contributed by atoms with Gasteiger partial charge in [0.2, 0.25) is 0 Å². The summed E-state index contributed by atoms with van der Waals surface area (Å²) in [5.41, 5.74) is 3.38. The molecule has 0 atom stereocenters. The van der Waals surface area contributed by atoms with Gasteiger partial charge in [-0.25, -0.2) is 14.2 Å². The third kappa shape index (κ3) is 5.70. The van der Waals surface area contributed by atoms with Gasteiger partial charge in [-0.2, -0.15) is 0 Å². The van der Waals surface area contributed by atoms with E-state index < -0.39 is 0 Å². The first-order chi connectivity index (χ1) is 20.5. The second kappa shape index (κ2) is 11.8. The number of amides is 3. The number of rotatable bonds is 6. The van der Waals surface area contributed by atoms with Crippen LogP contribution in [0.2, 0.25) is 0 Å². The number of fused-ring (bicyclic) bond motifs is 1. The molecule has 3 heterocycles. The number of hydrogen-bond donors (Lipinski definition) is 2. The van der Waals surface area contributed by atoms with Crippen LogP contribution in [0, 0.1) is 5.82 Å². The molecule has 1 saturated heterocycles. The van der Waals surface area contributed by atoms with Crippen LogP contribution in [-0.2, 0) is 4.74 Å². The highest BCUT2D eigenvalue weighted by molar-refractivity contribution is 6.08. The fourth-order valence-electron chi connectivity index (χ4n) is 4.98. The van der Waals surface area contributed by atoms with Crippen LogP contribution in [0.4, 0.5) is 20.6 Å². The summed E-state index contributed by atoms with van der Waals surface area (Å²) in [6, 6.07) is 20.6. The number of anilines is 2. The van der Waals surface area contributed by atoms with Gasteiger partial charge < -0.3 is 24.8 Å². The van der Waals surface area contributed by atoms with E-state index in [4.69, 9.17) is 4.74 Å². The normalized spacial score (nSPS) is 13.2. The number of ether oxygens (including phenoxy) is 1. The molecule has 0 unspecified atom stereocenters. The molecule has 2 aromatic heterocycles. The van der Waals surface area contributed by atoms with Gasteiger partial charge in [0.1, 0.15) is 11.5 Å². The summed E-state index contributed by atoms with van der Waals surface area (Å²) in [5, 5.41) is 5.02. The first-order valence-corrected chi connectivity index (χ1v) is 13.8. The second-order valence-corrected chi connectivity index (χ2v) is 9.92. The lowest BCUT2D eigenvalue weighted by atomic mass is 10.1. The van der Waals surface area contributed by atoms with E-state index in [9.17, 15) is 14.0 Å². The number of nitrogens with zero attached hydrogens (tertiary/aromatic N) is 4. The van der Waals surface area contributed by atoms with Crippen LogP contribution in [0.3, 0.4) is 0 Å². The number of carbonyl (C=O) groups excluding carboxylic acids is 2. The van der Waals surface area contributed by atoms with Gasteiger partial charge in [0.15, 0.2) is 5.82 Å². The number of aromatic amines is 1. The van der Waals surface area contributed by atoms with Gasteiger partial charge in [-0.3, -0.25) is 9.78 Å². The summed E-state index contributed by atoms with van der Waals surface area (Å²) in [5.74, 6) is -0.0926. The lowest BCUT2D eigenvalue weighted by molar-refractivity contribution is 0.0564. The van der Waals surface area contributed by atoms with Crippen LogP contribution in [0.5, 0.6) is 0 Å². The minimum Gasteiger partial charge on any atom is -0.378 e. The monoisotopic (exact) mass is 564 g/mol. The molecule has 5 aromatic rings. The van der Waals surface area contributed by atoms with E-state index in [1.54, 1.807) is 52.5 Å². The molecule has 3 aromatic carbocycles. The number of nitrogens with one attached hydrogen (secondary N) is 2. The summed E-state index contributed by atoms with van der Waals surface area (Å²) in [6.45, 7) is 4.12. The van der Waals surface area contributed by atoms with Crippen LogP contribution in [0.25, 0.3) is 33.5 Å². The first-order valence-electron chi connectivity index (χ1n) is 13.8. The summed E-state index contributed by atoms with van der Waals surface area (Å²) < 4.78 is 18.9. The minimum atomic E-state index is -0.381. The number of carbonyl (C=O) groups is 2. The summed E-state index contributed by atoms with van der Waals surface area (Å²) in [7, 11) is 0. The molecule has 42 heavy (non-hydrogen) atoms. The van der Waals surface area contributed by atoms with Crippen molar-refractivity contribution in [2.24, 2.45) is 0 Å². The van der Waals surface area contributed by atoms with Crippen LogP contribution < -0.4 is 10.2 Å². The average Bonchev–Trinajstić information content (AvgIpc) is 3.53. The molecule has 6 rings (SSSR count). The minimum absolute atomic E-state index is 0.273. The van der Waals surface area contributed by atoms with Crippen molar-refractivity contribution in [3.8, 4) is 22.8 Å². The summed E-state index contributed by atoms with van der Waals surface area (Å²) in [6.07, 6.45) is 3.49. The highest BCUT2D eigenvalue weighted by Crippen LogP contribution is 2.29. The van der Waals surface area contributed by atoms with Gasteiger partial charge in [-0.05, 0) is 60.8 Å². The predicted octanol–water partition coefficient (Wildman–Crippen LogP) is 5.96. The van der Waals surface area contributed by atoms with Crippen LogP contribution in [0.15, 0.2) is 85.2 Å². The number of imidazole rings is 1. The number of pyridine rings is 1. The van der Waals surface area contributed by atoms with Crippen molar-refractivity contribution in [3.05, 3.63) is 96.6 Å². The quantitative estimate of drug-likeness (QED) is 0.265. The number of benzene rings is 3. The van der Waals surface area contributed by atoms with Crippen molar-refractivity contribution in [3.63, 3.8) is 0 Å². The van der Waals surface area contributed by atoms with E-state index in [2.05, 4.69) is 20.3 Å². The van der Waals surface area contributed by atoms with Crippen molar-refractivity contribution >= 4 is 34.1 Å². The number of morpholine rings is 1. The zero-order valence-corrected chi connectivity index (χ0v) is 23.0. The van der Waals surface area contributed by atoms with Crippen molar-refractivity contribution in [2.75, 3.05) is 43.1 Å². The second-order valence-electron chi connectivity index (χ2n) is 9.92. The van der Waals surface area contributed by atoms with Gasteiger partial charge in [0.05, 0.1) is 25.1 Å². The van der Waals surface area contributed by atoms with E-state index in [0.717, 1.165) is 10.8 Å². The molecule has 0 bridgehead atoms. The fraction of sp³-hybridized carbons (Fsp3) is 0.188. The van der Waals surface area contributed by atoms with E-state index in [1.165, 1.54) is 12.1 Å². The van der Waals surface area contributed by atoms with Gasteiger partial charge in [-0.1, -0.05) is 24.3 Å². The molecule has 3 amide bonds. The maximum absolute atomic E-state index is 13.8. The Kier molecular flexibility index (Phi) is 7.61. The van der Waals surface area contributed by atoms with E-state index in [-0.39, 0.29) is 17.8 Å². The highest BCUT2D eigenvalue weighted by Gasteiger charge is 2.21. The van der Waals surface area contributed by atoms with Crippen LogP contribution in [0.1, 0.15) is 17.3 Å². The Morgan fingerprint density at radius 2 is 1.74 bits per heavy atom. The van der Waals surface area contributed by atoms with Crippen molar-refractivity contribution in [1.29, 1.82) is 0 Å². The summed E-state index contributed by atoms with van der Waals surface area (Å²) in [4.78, 5) is 42.5. The molecule has 9 nitrogen and oxygen atoms in total. The smallest absolute Gasteiger partial charge is 0.322 e. The molecule has 1 fully saturated rings. The molecule has 0 radical (unpaired) electrons. The van der Waals surface area contributed by atoms with Gasteiger partial charge >= 0.3 is 6.03 Å². The Morgan fingerprint density at radius 3 is 2.50 bits per heavy atom. The van der Waals surface area contributed by atoms with Gasteiger partial charge in [0.25, 0.3) is 5.91 Å². The Morgan fingerprint density at radius 1 is 0.976 bits per heavy atom. The van der Waals surface area contributed by atoms with Crippen LogP contribution >= 0.6 is 0 Å². The zero-order chi connectivity index (χ0) is 29.1. The molecule has 0 spiro atoms. The number of hydrogen-bond acceptors (Lipinski definition) is 5. The van der Waals surface area contributed by atoms with E-state index >= 15 is 0 Å². The third-order valence-corrected chi connectivity index (χ3v) is 7.19. The van der Waals surface area contributed by atoms with Crippen molar-refractivity contribution in [1.82, 2.24) is 19.9 Å². The molecular formula is C32H29FN6O3. The number of aromatic nitrogens is 3. The molecular weight excluding hydrogens is 535 g/mol. The van der Waals surface area contributed by atoms with E-state index in [0.29, 0.717) is 72.6 Å². The molecule has 2 N–H and O–H groups in total. The fourth-order valence-corrected chi connectivity index (χ4v) is 4.98. The van der Waals surface area contributed by atoms with Crippen molar-refractivity contribution in [2.45, 2.75) is 6.92 Å². The predicted molar refractivity (Wildman–Crippen MR) is 160 cm³/mol. The standard InChI is InChI=1S/C32H29FN6O3/c1-2-39(27-9-7-25(33)8-10-27)31(40)24-15-23(16-26(17-24)36-32(41)38-11-13-42-14-12-38)29-20-35-30(37-29)28-18-21-5-3-4-6-22(21)19-34-28/h3-10,15-20H,2,11-14H2,1H3,(H,35,37)(H,36,41). The molecule has 10 heteroatoms. The lowest BCUT2D eigenvalue weighted by Crippen LogP contribution is -2.43. The molecule has 1 aliphatic heterocycles. The Labute approximate surface area is 242 Å². The van der Waals surface area contributed by atoms with Crippen LogP contribution in [-0.4, -0.2) is 64.6 Å². The van der Waals surface area contributed by atoms with E-state index in [1.807, 2.05) is 37.3 Å². The number of halogens is 1. The topological polar surface area (TPSA) is 103 Å². The maximum atomic E-state index is 13.8. The number of urea groups is 1. The molecule has 212 valence electrons.